The van der Waals surface area contributed by atoms with Crippen LogP contribution in [-0.4, -0.2) is 48.7 Å². The minimum Gasteiger partial charge on any atom is -0.309 e. The molecule has 0 saturated heterocycles. The number of nitrogens with zero attached hydrogens (tertiary/aromatic N) is 3. The van der Waals surface area contributed by atoms with E-state index in [9.17, 15) is 4.79 Å². The van der Waals surface area contributed by atoms with Crippen molar-refractivity contribution in [3.8, 4) is 0 Å². The zero-order valence-corrected chi connectivity index (χ0v) is 20.8. The van der Waals surface area contributed by atoms with Crippen LogP contribution >= 0.6 is 51.4 Å². The van der Waals surface area contributed by atoms with Gasteiger partial charge < -0.3 is 4.90 Å². The Balaban J connectivity index is 0.00000300. The lowest BCUT2D eigenvalue weighted by Crippen LogP contribution is -2.33. The number of amides is 1. The normalized spacial score (nSPS) is 10.9. The summed E-state index contributed by atoms with van der Waals surface area (Å²) in [4.78, 5) is 23.2. The number of halogens is 2. The monoisotopic (exact) mass is 513 g/mol. The van der Waals surface area contributed by atoms with E-state index in [2.05, 4.69) is 39.9 Å². The topological polar surface area (TPSA) is 36.4 Å². The van der Waals surface area contributed by atoms with Crippen molar-refractivity contribution in [1.29, 1.82) is 0 Å². The highest BCUT2D eigenvalue weighted by Crippen LogP contribution is 2.32. The van der Waals surface area contributed by atoms with Gasteiger partial charge in [0.25, 0.3) is 5.91 Å². The third-order valence-corrected chi connectivity index (χ3v) is 6.60. The van der Waals surface area contributed by atoms with Crippen molar-refractivity contribution >= 4 is 72.7 Å². The molecule has 0 spiro atoms. The molecule has 0 bridgehead atoms. The van der Waals surface area contributed by atoms with Crippen LogP contribution in [0.1, 0.15) is 23.7 Å². The summed E-state index contributed by atoms with van der Waals surface area (Å²) in [5.41, 5.74) is 1.63. The number of carbonyl (C=O) groups excluding carboxylic acids is 1. The molecule has 0 unspecified atom stereocenters. The quantitative estimate of drug-likeness (QED) is 0.336. The second-order valence-corrected chi connectivity index (χ2v) is 9.95. The predicted octanol–water partition coefficient (Wildman–Crippen LogP) is 6.19. The minimum absolute atomic E-state index is 0. The molecule has 156 valence electrons. The Morgan fingerprint density at radius 2 is 1.97 bits per heavy atom. The van der Waals surface area contributed by atoms with Gasteiger partial charge in [0.15, 0.2) is 5.13 Å². The number of thiazole rings is 1. The van der Waals surface area contributed by atoms with Crippen LogP contribution in [0.25, 0.3) is 10.2 Å². The average Bonchev–Trinajstić information content (AvgIpc) is 3.07. The summed E-state index contributed by atoms with van der Waals surface area (Å²) >= 11 is 6.82. The van der Waals surface area contributed by atoms with E-state index < -0.39 is 0 Å². The fourth-order valence-electron chi connectivity index (χ4n) is 2.87. The molecule has 0 fully saturated rings. The maximum absolute atomic E-state index is 13.4. The molecule has 0 atom stereocenters. The van der Waals surface area contributed by atoms with E-state index in [1.54, 1.807) is 23.1 Å². The van der Waals surface area contributed by atoms with E-state index in [4.69, 9.17) is 4.98 Å². The van der Waals surface area contributed by atoms with Crippen molar-refractivity contribution in [2.75, 3.05) is 37.8 Å². The Hall–Kier alpha value is -1.12. The van der Waals surface area contributed by atoms with E-state index in [0.29, 0.717) is 12.1 Å². The summed E-state index contributed by atoms with van der Waals surface area (Å²) in [5.74, 6) is 0.993. The van der Waals surface area contributed by atoms with Gasteiger partial charge in [0.05, 0.1) is 10.2 Å². The smallest absolute Gasteiger partial charge is 0.260 e. The first-order chi connectivity index (χ1) is 13.5. The highest BCUT2D eigenvalue weighted by Gasteiger charge is 2.21. The Morgan fingerprint density at radius 3 is 2.69 bits per heavy atom. The van der Waals surface area contributed by atoms with Gasteiger partial charge in [0.2, 0.25) is 0 Å². The summed E-state index contributed by atoms with van der Waals surface area (Å²) in [5, 5.41) is 0.755. The lowest BCUT2D eigenvalue weighted by Gasteiger charge is -2.21. The van der Waals surface area contributed by atoms with Gasteiger partial charge in [-0.1, -0.05) is 40.3 Å². The van der Waals surface area contributed by atoms with Crippen molar-refractivity contribution in [1.82, 2.24) is 9.88 Å². The highest BCUT2D eigenvalue weighted by molar-refractivity contribution is 9.10. The van der Waals surface area contributed by atoms with Gasteiger partial charge in [-0.15, -0.1) is 24.2 Å². The number of aromatic nitrogens is 1. The molecule has 4 nitrogen and oxygen atoms in total. The van der Waals surface area contributed by atoms with Gasteiger partial charge in [-0.05, 0) is 69.2 Å². The molecule has 29 heavy (non-hydrogen) atoms. The van der Waals surface area contributed by atoms with Crippen LogP contribution in [0.4, 0.5) is 5.13 Å². The molecule has 1 amide bonds. The van der Waals surface area contributed by atoms with E-state index in [1.807, 2.05) is 49.3 Å². The molecule has 0 aliphatic heterocycles. The fraction of sp³-hybridized carbons (Fsp3) is 0.333. The molecule has 0 aliphatic carbocycles. The lowest BCUT2D eigenvalue weighted by atomic mass is 10.2. The molecule has 0 aliphatic rings. The van der Waals surface area contributed by atoms with Crippen molar-refractivity contribution in [2.45, 2.75) is 18.2 Å². The number of thioether (sulfide) groups is 1. The first-order valence-corrected chi connectivity index (χ1v) is 11.8. The molecule has 0 N–H and O–H groups in total. The highest BCUT2D eigenvalue weighted by atomic mass is 79.9. The third kappa shape index (κ3) is 6.43. The van der Waals surface area contributed by atoms with Gasteiger partial charge in [0.1, 0.15) is 0 Å². The average molecular weight is 515 g/mol. The number of hydrogen-bond donors (Lipinski definition) is 0. The number of carbonyl (C=O) groups is 1. The van der Waals surface area contributed by atoms with Gasteiger partial charge in [0, 0.05) is 21.5 Å². The van der Waals surface area contributed by atoms with Crippen LogP contribution < -0.4 is 4.90 Å². The number of hydrogen-bond acceptors (Lipinski definition) is 5. The van der Waals surface area contributed by atoms with Crippen molar-refractivity contribution < 1.29 is 4.79 Å². The van der Waals surface area contributed by atoms with E-state index in [0.717, 1.165) is 43.4 Å². The lowest BCUT2D eigenvalue weighted by molar-refractivity contribution is 0.0986. The Kier molecular flexibility index (Phi) is 9.43. The van der Waals surface area contributed by atoms with Crippen LogP contribution in [0, 0.1) is 0 Å². The molecule has 1 heterocycles. The first-order valence-electron chi connectivity index (χ1n) is 9.23. The molecule has 0 radical (unpaired) electrons. The van der Waals surface area contributed by atoms with Crippen molar-refractivity contribution in [3.63, 3.8) is 0 Å². The van der Waals surface area contributed by atoms with Crippen LogP contribution in [0.5, 0.6) is 0 Å². The standard InChI is InChI=1S/C21H24BrN3OS2.ClH/c1-4-27-17-8-5-7-15(13-17)20(26)25(12-6-11-24(2)3)21-23-18-10-9-16(22)14-19(18)28-21;/h5,7-10,13-14H,4,6,11-12H2,1-3H3;1H. The molecule has 1 aromatic heterocycles. The molecular weight excluding hydrogens is 490 g/mol. The van der Waals surface area contributed by atoms with Crippen LogP contribution in [0.3, 0.4) is 0 Å². The van der Waals surface area contributed by atoms with Gasteiger partial charge >= 0.3 is 0 Å². The maximum atomic E-state index is 13.4. The summed E-state index contributed by atoms with van der Waals surface area (Å²) in [6.45, 7) is 3.68. The molecule has 3 rings (SSSR count). The third-order valence-electron chi connectivity index (χ3n) is 4.19. The van der Waals surface area contributed by atoms with Gasteiger partial charge in [-0.3, -0.25) is 9.69 Å². The number of anilines is 1. The number of fused-ring (bicyclic) bond motifs is 1. The SMILES string of the molecule is CCSc1cccc(C(=O)N(CCCN(C)C)c2nc3ccc(Br)cc3s2)c1.Cl. The predicted molar refractivity (Wildman–Crippen MR) is 132 cm³/mol. The van der Waals surface area contributed by atoms with Gasteiger partial charge in [-0.2, -0.15) is 0 Å². The summed E-state index contributed by atoms with van der Waals surface area (Å²) < 4.78 is 2.09. The summed E-state index contributed by atoms with van der Waals surface area (Å²) in [6.07, 6.45) is 0.891. The van der Waals surface area contributed by atoms with E-state index in [-0.39, 0.29) is 18.3 Å². The summed E-state index contributed by atoms with van der Waals surface area (Å²) in [7, 11) is 4.10. The van der Waals surface area contributed by atoms with Crippen molar-refractivity contribution in [3.05, 3.63) is 52.5 Å². The fourth-order valence-corrected chi connectivity index (χ4v) is 5.13. The molecular formula is C21H25BrClN3OS2. The Morgan fingerprint density at radius 1 is 1.17 bits per heavy atom. The molecule has 0 saturated carbocycles. The van der Waals surface area contributed by atoms with Crippen molar-refractivity contribution in [2.24, 2.45) is 0 Å². The second-order valence-electron chi connectivity index (χ2n) is 6.68. The Bertz CT molecular complexity index is 964. The number of benzene rings is 2. The van der Waals surface area contributed by atoms with Gasteiger partial charge in [-0.25, -0.2) is 4.98 Å². The molecule has 2 aromatic carbocycles. The van der Waals surface area contributed by atoms with Crippen LogP contribution in [0.2, 0.25) is 0 Å². The maximum Gasteiger partial charge on any atom is 0.260 e. The van der Waals surface area contributed by atoms with E-state index >= 15 is 0 Å². The molecule has 8 heteroatoms. The van der Waals surface area contributed by atoms with Crippen LogP contribution in [0.15, 0.2) is 51.8 Å². The zero-order valence-electron chi connectivity index (χ0n) is 16.7. The largest absolute Gasteiger partial charge is 0.309 e. The first kappa shape index (κ1) is 24.2. The van der Waals surface area contributed by atoms with Crippen LogP contribution in [-0.2, 0) is 0 Å². The number of rotatable bonds is 8. The second kappa shape index (κ2) is 11.3. The van der Waals surface area contributed by atoms with E-state index in [1.165, 1.54) is 0 Å². The Labute approximate surface area is 195 Å². The summed E-state index contributed by atoms with van der Waals surface area (Å²) in [6, 6.07) is 13.9. The molecule has 3 aromatic rings. The minimum atomic E-state index is 0. The zero-order chi connectivity index (χ0) is 20.1.